The number of ketones is 1. The van der Waals surface area contributed by atoms with Gasteiger partial charge in [0.05, 0.1) is 11.3 Å². The molecule has 2 rings (SSSR count). The van der Waals surface area contributed by atoms with E-state index < -0.39 is 25.1 Å². The van der Waals surface area contributed by atoms with Crippen LogP contribution in [-0.4, -0.2) is 25.1 Å². The van der Waals surface area contributed by atoms with Crippen molar-refractivity contribution >= 4 is 24.4 Å². The summed E-state index contributed by atoms with van der Waals surface area (Å²) in [5.74, 6) is -1.99. The molecule has 0 bridgehead atoms. The largest absolute Gasteiger partial charge is 1.00 e. The van der Waals surface area contributed by atoms with Gasteiger partial charge in [-0.05, 0) is 18.6 Å². The van der Waals surface area contributed by atoms with Crippen LogP contribution in [0.1, 0.15) is 10.4 Å². The molecule has 0 aromatic heterocycles. The van der Waals surface area contributed by atoms with Crippen LogP contribution in [0.4, 0.5) is 18.6 Å². The van der Waals surface area contributed by atoms with Crippen LogP contribution in [0.3, 0.4) is 0 Å². The van der Waals surface area contributed by atoms with Gasteiger partial charge >= 0.3 is 58.4 Å². The van der Waals surface area contributed by atoms with E-state index in [-0.39, 0.29) is 62.6 Å². The zero-order valence-electron chi connectivity index (χ0n) is 8.99. The van der Waals surface area contributed by atoms with Crippen molar-refractivity contribution in [1.29, 1.82) is 0 Å². The second kappa shape index (κ2) is 5.23. The first-order valence-electron chi connectivity index (χ1n) is 4.56. The fourth-order valence-corrected chi connectivity index (χ4v) is 1.64. The van der Waals surface area contributed by atoms with Crippen molar-refractivity contribution in [3.05, 3.63) is 29.8 Å². The fraction of sp³-hybridized carbons (Fsp3) is 0.111. The summed E-state index contributed by atoms with van der Waals surface area (Å²) in [6.45, 7) is -5.15. The first kappa shape index (κ1) is 14.9. The number of hydrogen-bond donors (Lipinski definition) is 0. The molecule has 0 N–H and O–H groups in total. The molecule has 0 saturated heterocycles. The molecule has 8 heteroatoms. The van der Waals surface area contributed by atoms with Crippen LogP contribution in [0.5, 0.6) is 0 Å². The number of nitrogens with zero attached hydrogens (tertiary/aromatic N) is 1. The summed E-state index contributed by atoms with van der Waals surface area (Å²) in [6.07, 6.45) is -1.37. The third-order valence-electron chi connectivity index (χ3n) is 2.27. The molecule has 17 heavy (non-hydrogen) atoms. The minimum atomic E-state index is -5.15. The van der Waals surface area contributed by atoms with Crippen molar-refractivity contribution in [3.8, 4) is 0 Å². The van der Waals surface area contributed by atoms with E-state index in [0.717, 1.165) is 0 Å². The molecule has 0 radical (unpaired) electrons. The monoisotopic (exact) mass is 267 g/mol. The molecule has 84 valence electrons. The Kier molecular flexibility index (Phi) is 4.59. The third kappa shape index (κ3) is 3.00. The Morgan fingerprint density at radius 1 is 1.12 bits per heavy atom. The molecule has 0 spiro atoms. The smallest absolute Gasteiger partial charge is 0.448 e. The molecule has 1 heterocycles. The molecule has 0 aliphatic carbocycles. The Morgan fingerprint density at radius 2 is 1.71 bits per heavy atom. The Bertz CT molecular complexity index is 478. The first-order chi connectivity index (χ1) is 7.40. The van der Waals surface area contributed by atoms with Crippen LogP contribution < -0.4 is 56.3 Å². The van der Waals surface area contributed by atoms with Gasteiger partial charge in [-0.2, -0.15) is 0 Å². The van der Waals surface area contributed by atoms with Gasteiger partial charge < -0.3 is 17.8 Å². The van der Waals surface area contributed by atoms with Crippen LogP contribution in [0, 0.1) is 0 Å². The summed E-state index contributed by atoms with van der Waals surface area (Å²) in [4.78, 5) is 23.2. The molecule has 3 nitrogen and oxygen atoms in total. The number of amides is 1. The molecule has 1 aromatic rings. The number of benzene rings is 1. The predicted molar refractivity (Wildman–Crippen MR) is 52.2 cm³/mol. The number of carbonyl (C=O) groups excluding carboxylic acids is 2. The summed E-state index contributed by atoms with van der Waals surface area (Å²) in [5, 5.41) is 0. The van der Waals surface area contributed by atoms with E-state index in [1.54, 1.807) is 0 Å². The van der Waals surface area contributed by atoms with Gasteiger partial charge in [0.25, 0.3) is 11.7 Å². The summed E-state index contributed by atoms with van der Waals surface area (Å²) in [6, 6.07) is 5.67. The van der Waals surface area contributed by atoms with E-state index in [1.165, 1.54) is 24.3 Å². The molecule has 1 aliphatic heterocycles. The first-order valence-corrected chi connectivity index (χ1v) is 4.56. The second-order valence-corrected chi connectivity index (χ2v) is 3.47. The Balaban J connectivity index is 0.00000144. The van der Waals surface area contributed by atoms with E-state index in [4.69, 9.17) is 0 Å². The minimum Gasteiger partial charge on any atom is -0.448 e. The molecule has 0 unspecified atom stereocenters. The van der Waals surface area contributed by atoms with Gasteiger partial charge in [-0.3, -0.25) is 9.59 Å². The maximum absolute atomic E-state index is 12.3. The Morgan fingerprint density at radius 3 is 2.29 bits per heavy atom. The molecule has 1 amide bonds. The quantitative estimate of drug-likeness (QED) is 0.488. The van der Waals surface area contributed by atoms with Crippen LogP contribution in [0.2, 0.25) is 0 Å². The van der Waals surface area contributed by atoms with Crippen molar-refractivity contribution in [1.82, 2.24) is 0 Å². The van der Waals surface area contributed by atoms with Crippen LogP contribution >= 0.6 is 0 Å². The molecular weight excluding hydrogens is 261 g/mol. The SMILES string of the molecule is O=C1C(=O)N(C[B-](F)(F)F)c2ccccc21.[K+]. The number of rotatable bonds is 2. The zero-order valence-corrected chi connectivity index (χ0v) is 12.1. The van der Waals surface area contributed by atoms with Gasteiger partial charge in [-0.25, -0.2) is 0 Å². The maximum Gasteiger partial charge on any atom is 1.00 e. The number of halogens is 3. The topological polar surface area (TPSA) is 37.4 Å². The fourth-order valence-electron chi connectivity index (χ4n) is 1.64. The number of Topliss-reactive ketones (excluding diaryl/α,β-unsaturated/α-hetero) is 1. The van der Waals surface area contributed by atoms with E-state index in [9.17, 15) is 22.5 Å². The summed E-state index contributed by atoms with van der Waals surface area (Å²) in [5.41, 5.74) is 0.0734. The Labute approximate surface area is 138 Å². The van der Waals surface area contributed by atoms with Gasteiger partial charge in [0.2, 0.25) is 0 Å². The number of carbonyl (C=O) groups is 2. The maximum atomic E-state index is 12.3. The van der Waals surface area contributed by atoms with Crippen molar-refractivity contribution in [3.63, 3.8) is 0 Å². The van der Waals surface area contributed by atoms with Crippen molar-refractivity contribution in [2.24, 2.45) is 0 Å². The summed E-state index contributed by atoms with van der Waals surface area (Å²) < 4.78 is 36.8. The van der Waals surface area contributed by atoms with Gasteiger partial charge in [0.1, 0.15) is 0 Å². The zero-order chi connectivity index (χ0) is 11.9. The van der Waals surface area contributed by atoms with E-state index >= 15 is 0 Å². The van der Waals surface area contributed by atoms with Crippen molar-refractivity contribution in [2.45, 2.75) is 0 Å². The van der Waals surface area contributed by atoms with Crippen LogP contribution in [0.25, 0.3) is 0 Å². The molecule has 0 atom stereocenters. The average Bonchev–Trinajstić information content (AvgIpc) is 2.43. The predicted octanol–water partition coefficient (Wildman–Crippen LogP) is -1.39. The van der Waals surface area contributed by atoms with Gasteiger partial charge in [0, 0.05) is 0 Å². The molecular formula is C9H6BF3KNO2. The summed E-state index contributed by atoms with van der Waals surface area (Å²) >= 11 is 0. The van der Waals surface area contributed by atoms with Gasteiger partial charge in [-0.1, -0.05) is 12.1 Å². The molecule has 0 saturated carbocycles. The van der Waals surface area contributed by atoms with Crippen molar-refractivity contribution < 1.29 is 73.9 Å². The molecule has 0 fully saturated rings. The standard InChI is InChI=1S/C9H6BF3NO2.K/c11-10(12,13)5-14-7-4-2-1-3-6(7)8(15)9(14)16;/h1-4H,5H2;/q-1;+1. The number of para-hydroxylation sites is 1. The van der Waals surface area contributed by atoms with Crippen LogP contribution in [0.15, 0.2) is 24.3 Å². The Hall–Kier alpha value is -0.149. The molecule has 1 aromatic carbocycles. The average molecular weight is 267 g/mol. The normalized spacial score (nSPS) is 14.6. The minimum absolute atomic E-state index is 0. The van der Waals surface area contributed by atoms with Crippen LogP contribution in [-0.2, 0) is 4.79 Å². The van der Waals surface area contributed by atoms with E-state index in [0.29, 0.717) is 4.90 Å². The van der Waals surface area contributed by atoms with Crippen molar-refractivity contribution in [2.75, 3.05) is 11.3 Å². The van der Waals surface area contributed by atoms with Gasteiger partial charge in [0.15, 0.2) is 0 Å². The van der Waals surface area contributed by atoms with Gasteiger partial charge in [-0.15, -0.1) is 0 Å². The number of fused-ring (bicyclic) bond motifs is 1. The molecule has 1 aliphatic rings. The number of hydrogen-bond acceptors (Lipinski definition) is 2. The third-order valence-corrected chi connectivity index (χ3v) is 2.27. The van der Waals surface area contributed by atoms with E-state index in [2.05, 4.69) is 0 Å². The summed E-state index contributed by atoms with van der Waals surface area (Å²) in [7, 11) is 0. The number of anilines is 1. The second-order valence-electron chi connectivity index (χ2n) is 3.47. The van der Waals surface area contributed by atoms with E-state index in [1.807, 2.05) is 0 Å².